The fourth-order valence-electron chi connectivity index (χ4n) is 1.83. The Labute approximate surface area is 101 Å². The van der Waals surface area contributed by atoms with Crippen LogP contribution in [0, 0.1) is 0 Å². The van der Waals surface area contributed by atoms with Gasteiger partial charge in [0.1, 0.15) is 6.04 Å². The van der Waals surface area contributed by atoms with Crippen LogP contribution < -0.4 is 10.6 Å². The zero-order valence-electron chi connectivity index (χ0n) is 10.2. The number of amides is 2. The van der Waals surface area contributed by atoms with Crippen molar-refractivity contribution in [2.45, 2.75) is 51.3 Å². The highest BCUT2D eigenvalue weighted by molar-refractivity contribution is 5.82. The van der Waals surface area contributed by atoms with E-state index in [4.69, 9.17) is 9.84 Å². The van der Waals surface area contributed by atoms with Crippen molar-refractivity contribution in [3.05, 3.63) is 0 Å². The fourth-order valence-corrected chi connectivity index (χ4v) is 1.83. The van der Waals surface area contributed by atoms with E-state index in [-0.39, 0.29) is 12.1 Å². The Kier molecular flexibility index (Phi) is 5.21. The molecule has 6 nitrogen and oxygen atoms in total. The quantitative estimate of drug-likeness (QED) is 0.665. The number of rotatable bonds is 5. The first-order chi connectivity index (χ1) is 8.04. The van der Waals surface area contributed by atoms with E-state index >= 15 is 0 Å². The van der Waals surface area contributed by atoms with Crippen LogP contribution in [0.3, 0.4) is 0 Å². The molecule has 1 saturated heterocycles. The molecular formula is C11H20N2O4. The maximum absolute atomic E-state index is 11.5. The molecule has 3 atom stereocenters. The highest BCUT2D eigenvalue weighted by Gasteiger charge is 2.25. The molecule has 6 heteroatoms. The lowest BCUT2D eigenvalue weighted by Crippen LogP contribution is -2.50. The summed E-state index contributed by atoms with van der Waals surface area (Å²) in [5.41, 5.74) is 0. The Morgan fingerprint density at radius 1 is 1.47 bits per heavy atom. The molecule has 1 aliphatic heterocycles. The number of nitrogens with one attached hydrogen (secondary N) is 2. The summed E-state index contributed by atoms with van der Waals surface area (Å²) < 4.78 is 5.44. The van der Waals surface area contributed by atoms with Crippen molar-refractivity contribution in [2.24, 2.45) is 0 Å². The fraction of sp³-hybridized carbons (Fsp3) is 0.818. The van der Waals surface area contributed by atoms with Gasteiger partial charge in [-0.3, -0.25) is 0 Å². The minimum atomic E-state index is -1.02. The maximum Gasteiger partial charge on any atom is 0.326 e. The molecular weight excluding hydrogens is 224 g/mol. The first-order valence-electron chi connectivity index (χ1n) is 5.96. The average Bonchev–Trinajstić information content (AvgIpc) is 2.78. The Morgan fingerprint density at radius 2 is 2.18 bits per heavy atom. The lowest BCUT2D eigenvalue weighted by molar-refractivity contribution is -0.139. The molecule has 1 aliphatic rings. The van der Waals surface area contributed by atoms with Gasteiger partial charge in [0.05, 0.1) is 12.1 Å². The van der Waals surface area contributed by atoms with Gasteiger partial charge in [0.25, 0.3) is 0 Å². The van der Waals surface area contributed by atoms with Crippen molar-refractivity contribution in [3.63, 3.8) is 0 Å². The van der Waals surface area contributed by atoms with Crippen LogP contribution in [-0.4, -0.2) is 41.9 Å². The van der Waals surface area contributed by atoms with Gasteiger partial charge in [0.15, 0.2) is 0 Å². The zero-order chi connectivity index (χ0) is 12.8. The molecule has 0 aliphatic carbocycles. The number of ether oxygens (including phenoxy) is 1. The molecule has 0 aromatic heterocycles. The zero-order valence-corrected chi connectivity index (χ0v) is 10.2. The lowest BCUT2D eigenvalue weighted by atomic mass is 10.1. The summed E-state index contributed by atoms with van der Waals surface area (Å²) in [5.74, 6) is -1.02. The molecule has 2 unspecified atom stereocenters. The van der Waals surface area contributed by atoms with E-state index in [0.717, 1.165) is 19.4 Å². The Balaban J connectivity index is 2.35. The van der Waals surface area contributed by atoms with Crippen molar-refractivity contribution in [3.8, 4) is 0 Å². The SMILES string of the molecule is CC[C@@H](NC(=O)NC(C)C1CCCO1)C(=O)O. The molecule has 1 heterocycles. The highest BCUT2D eigenvalue weighted by Crippen LogP contribution is 2.15. The predicted octanol–water partition coefficient (Wildman–Crippen LogP) is 0.716. The molecule has 0 aromatic carbocycles. The highest BCUT2D eigenvalue weighted by atomic mass is 16.5. The largest absolute Gasteiger partial charge is 0.480 e. The number of aliphatic carboxylic acids is 1. The minimum absolute atomic E-state index is 0.0330. The van der Waals surface area contributed by atoms with Crippen LogP contribution in [0.4, 0.5) is 4.79 Å². The van der Waals surface area contributed by atoms with Gasteiger partial charge < -0.3 is 20.5 Å². The monoisotopic (exact) mass is 244 g/mol. The second kappa shape index (κ2) is 6.44. The standard InChI is InChI=1S/C11H20N2O4/c1-3-8(10(14)15)13-11(16)12-7(2)9-5-4-6-17-9/h7-9H,3-6H2,1-2H3,(H,14,15)(H2,12,13,16)/t7?,8-,9?/m1/s1. The summed E-state index contributed by atoms with van der Waals surface area (Å²) in [4.78, 5) is 22.3. The minimum Gasteiger partial charge on any atom is -0.480 e. The van der Waals surface area contributed by atoms with E-state index in [9.17, 15) is 9.59 Å². The predicted molar refractivity (Wildman–Crippen MR) is 61.8 cm³/mol. The number of hydrogen-bond donors (Lipinski definition) is 3. The number of carbonyl (C=O) groups excluding carboxylic acids is 1. The van der Waals surface area contributed by atoms with Crippen molar-refractivity contribution < 1.29 is 19.4 Å². The molecule has 1 fully saturated rings. The normalized spacial score (nSPS) is 22.8. The Bertz CT molecular complexity index is 277. The molecule has 17 heavy (non-hydrogen) atoms. The van der Waals surface area contributed by atoms with E-state index in [1.54, 1.807) is 6.92 Å². The third kappa shape index (κ3) is 4.22. The summed E-state index contributed by atoms with van der Waals surface area (Å²) in [5, 5.41) is 13.9. The lowest BCUT2D eigenvalue weighted by Gasteiger charge is -2.21. The Morgan fingerprint density at radius 3 is 2.65 bits per heavy atom. The van der Waals surface area contributed by atoms with E-state index in [1.807, 2.05) is 6.92 Å². The first kappa shape index (κ1) is 13.8. The van der Waals surface area contributed by atoms with Crippen molar-refractivity contribution in [1.82, 2.24) is 10.6 Å². The second-order valence-corrected chi connectivity index (χ2v) is 4.26. The molecule has 1 rings (SSSR count). The van der Waals surface area contributed by atoms with Crippen LogP contribution >= 0.6 is 0 Å². The van der Waals surface area contributed by atoms with Crippen LogP contribution in [0.2, 0.25) is 0 Å². The number of carboxylic acids is 1. The molecule has 0 aromatic rings. The topological polar surface area (TPSA) is 87.7 Å². The van der Waals surface area contributed by atoms with Crippen LogP contribution in [0.15, 0.2) is 0 Å². The second-order valence-electron chi connectivity index (χ2n) is 4.26. The van der Waals surface area contributed by atoms with Gasteiger partial charge in [0.2, 0.25) is 0 Å². The van der Waals surface area contributed by atoms with Crippen LogP contribution in [-0.2, 0) is 9.53 Å². The van der Waals surface area contributed by atoms with Gasteiger partial charge in [-0.1, -0.05) is 6.92 Å². The van der Waals surface area contributed by atoms with Crippen molar-refractivity contribution >= 4 is 12.0 Å². The maximum atomic E-state index is 11.5. The van der Waals surface area contributed by atoms with E-state index in [1.165, 1.54) is 0 Å². The van der Waals surface area contributed by atoms with E-state index < -0.39 is 18.0 Å². The molecule has 0 saturated carbocycles. The van der Waals surface area contributed by atoms with Crippen molar-refractivity contribution in [2.75, 3.05) is 6.61 Å². The molecule has 3 N–H and O–H groups in total. The summed E-state index contributed by atoms with van der Waals surface area (Å²) in [6.45, 7) is 4.30. The van der Waals surface area contributed by atoms with E-state index in [2.05, 4.69) is 10.6 Å². The molecule has 2 amide bonds. The van der Waals surface area contributed by atoms with Gasteiger partial charge in [0, 0.05) is 6.61 Å². The Hall–Kier alpha value is -1.30. The molecule has 0 radical (unpaired) electrons. The summed E-state index contributed by atoms with van der Waals surface area (Å²) in [7, 11) is 0. The average molecular weight is 244 g/mol. The van der Waals surface area contributed by atoms with Crippen LogP contribution in [0.1, 0.15) is 33.1 Å². The molecule has 98 valence electrons. The number of hydrogen-bond acceptors (Lipinski definition) is 3. The first-order valence-corrected chi connectivity index (χ1v) is 5.96. The number of carbonyl (C=O) groups is 2. The van der Waals surface area contributed by atoms with Crippen LogP contribution in [0.25, 0.3) is 0 Å². The van der Waals surface area contributed by atoms with Gasteiger partial charge in [-0.2, -0.15) is 0 Å². The summed E-state index contributed by atoms with van der Waals surface area (Å²) >= 11 is 0. The third-order valence-electron chi connectivity index (χ3n) is 2.89. The van der Waals surface area contributed by atoms with Gasteiger partial charge in [-0.25, -0.2) is 9.59 Å². The van der Waals surface area contributed by atoms with Gasteiger partial charge >= 0.3 is 12.0 Å². The summed E-state index contributed by atoms with van der Waals surface area (Å²) in [6.07, 6.45) is 2.32. The van der Waals surface area contributed by atoms with Crippen molar-refractivity contribution in [1.29, 1.82) is 0 Å². The van der Waals surface area contributed by atoms with Crippen LogP contribution in [0.5, 0.6) is 0 Å². The number of carboxylic acid groups (broad SMARTS) is 1. The third-order valence-corrected chi connectivity index (χ3v) is 2.89. The number of urea groups is 1. The van der Waals surface area contributed by atoms with Gasteiger partial charge in [-0.05, 0) is 26.2 Å². The summed E-state index contributed by atoms with van der Waals surface area (Å²) in [6, 6.07) is -1.40. The molecule has 0 spiro atoms. The van der Waals surface area contributed by atoms with Gasteiger partial charge in [-0.15, -0.1) is 0 Å². The van der Waals surface area contributed by atoms with E-state index in [0.29, 0.717) is 6.42 Å². The molecule has 0 bridgehead atoms. The smallest absolute Gasteiger partial charge is 0.326 e.